The molecule has 1 aliphatic heterocycles. The van der Waals surface area contributed by atoms with Crippen LogP contribution in [0.3, 0.4) is 0 Å². The molecule has 2 heterocycles. The maximum Gasteiger partial charge on any atom is 0.409 e. The van der Waals surface area contributed by atoms with Gasteiger partial charge in [0.1, 0.15) is 5.82 Å². The molecule has 0 unspecified atom stereocenters. The molecule has 0 aliphatic carbocycles. The van der Waals surface area contributed by atoms with E-state index in [1.54, 1.807) is 11.8 Å². The number of amides is 1. The minimum Gasteiger partial charge on any atom is -0.450 e. The predicted molar refractivity (Wildman–Crippen MR) is 90.1 cm³/mol. The van der Waals surface area contributed by atoms with E-state index in [9.17, 15) is 9.59 Å². The van der Waals surface area contributed by atoms with Gasteiger partial charge in [-0.25, -0.2) is 9.78 Å². The molecule has 0 bridgehead atoms. The molecule has 1 aliphatic rings. The van der Waals surface area contributed by atoms with Crippen molar-refractivity contribution in [2.45, 2.75) is 26.2 Å². The Morgan fingerprint density at radius 1 is 1.25 bits per heavy atom. The number of hydrogen-bond acceptors (Lipinski definition) is 4. The van der Waals surface area contributed by atoms with Gasteiger partial charge in [0.05, 0.1) is 12.3 Å². The molecule has 126 valence electrons. The average molecular weight is 327 g/mol. The number of rotatable bonds is 3. The highest BCUT2D eigenvalue weighted by Gasteiger charge is 2.22. The minimum absolute atomic E-state index is 0.100. The van der Waals surface area contributed by atoms with Crippen LogP contribution in [0.4, 0.5) is 4.79 Å². The lowest BCUT2D eigenvalue weighted by Crippen LogP contribution is -2.33. The second-order valence-corrected chi connectivity index (χ2v) is 5.79. The summed E-state index contributed by atoms with van der Waals surface area (Å²) in [5.74, 6) is 0.662. The number of ether oxygens (including phenoxy) is 1. The average Bonchev–Trinajstić information content (AvgIpc) is 2.79. The van der Waals surface area contributed by atoms with Gasteiger partial charge in [-0.1, -0.05) is 30.3 Å². The van der Waals surface area contributed by atoms with Gasteiger partial charge in [0.15, 0.2) is 0 Å². The molecule has 0 saturated carbocycles. The fraction of sp³-hybridized carbons (Fsp3) is 0.389. The number of benzene rings is 1. The van der Waals surface area contributed by atoms with Gasteiger partial charge in [0.2, 0.25) is 0 Å². The summed E-state index contributed by atoms with van der Waals surface area (Å²) >= 11 is 0. The molecule has 0 radical (unpaired) electrons. The lowest BCUT2D eigenvalue weighted by Gasteiger charge is -2.18. The molecule has 6 heteroatoms. The molecule has 0 spiro atoms. The van der Waals surface area contributed by atoms with Crippen molar-refractivity contribution in [1.82, 2.24) is 14.9 Å². The Labute approximate surface area is 140 Å². The first-order chi connectivity index (χ1) is 11.7. The van der Waals surface area contributed by atoms with Crippen molar-refractivity contribution in [2.75, 3.05) is 19.7 Å². The van der Waals surface area contributed by atoms with Gasteiger partial charge in [-0.2, -0.15) is 0 Å². The summed E-state index contributed by atoms with van der Waals surface area (Å²) in [6.45, 7) is 3.14. The van der Waals surface area contributed by atoms with Crippen LogP contribution in [0.25, 0.3) is 0 Å². The zero-order valence-electron chi connectivity index (χ0n) is 13.7. The van der Waals surface area contributed by atoms with Gasteiger partial charge in [0.25, 0.3) is 5.56 Å². The molecule has 2 aromatic rings. The summed E-state index contributed by atoms with van der Waals surface area (Å²) < 4.78 is 5.05. The number of hydrogen-bond donors (Lipinski definition) is 1. The predicted octanol–water partition coefficient (Wildman–Crippen LogP) is 1.92. The number of fused-ring (bicyclic) bond motifs is 1. The van der Waals surface area contributed by atoms with E-state index in [4.69, 9.17) is 4.74 Å². The fourth-order valence-corrected chi connectivity index (χ4v) is 2.93. The van der Waals surface area contributed by atoms with Crippen LogP contribution in [0, 0.1) is 0 Å². The topological polar surface area (TPSA) is 75.3 Å². The zero-order chi connectivity index (χ0) is 16.9. The van der Waals surface area contributed by atoms with Gasteiger partial charge < -0.3 is 14.6 Å². The van der Waals surface area contributed by atoms with Crippen molar-refractivity contribution >= 4 is 6.09 Å². The summed E-state index contributed by atoms with van der Waals surface area (Å²) in [6, 6.07) is 9.91. The Kier molecular flexibility index (Phi) is 4.93. The van der Waals surface area contributed by atoms with E-state index in [-0.39, 0.29) is 11.7 Å². The van der Waals surface area contributed by atoms with Crippen LogP contribution in [0.5, 0.6) is 0 Å². The molecular formula is C18H21N3O3. The molecule has 3 rings (SSSR count). The Hall–Kier alpha value is -2.63. The highest BCUT2D eigenvalue weighted by Crippen LogP contribution is 2.13. The Morgan fingerprint density at radius 3 is 2.75 bits per heavy atom. The van der Waals surface area contributed by atoms with Crippen molar-refractivity contribution in [3.05, 3.63) is 63.3 Å². The summed E-state index contributed by atoms with van der Waals surface area (Å²) in [4.78, 5) is 33.4. The molecule has 24 heavy (non-hydrogen) atoms. The Bertz CT molecular complexity index is 771. The van der Waals surface area contributed by atoms with Crippen molar-refractivity contribution < 1.29 is 9.53 Å². The zero-order valence-corrected chi connectivity index (χ0v) is 13.7. The highest BCUT2D eigenvalue weighted by atomic mass is 16.6. The standard InChI is InChI=1S/C18H21N3O3/c1-2-24-18(23)21-10-8-14-15(9-11-21)19-16(20-17(14)22)12-13-6-4-3-5-7-13/h3-7H,2,8-12H2,1H3,(H,19,20,22). The van der Waals surface area contributed by atoms with Gasteiger partial charge in [-0.3, -0.25) is 4.79 Å². The van der Waals surface area contributed by atoms with E-state index in [1.165, 1.54) is 0 Å². The molecule has 1 aromatic carbocycles. The second-order valence-electron chi connectivity index (χ2n) is 5.79. The van der Waals surface area contributed by atoms with Crippen molar-refractivity contribution in [3.63, 3.8) is 0 Å². The lowest BCUT2D eigenvalue weighted by molar-refractivity contribution is 0.109. The van der Waals surface area contributed by atoms with E-state index in [0.717, 1.165) is 11.3 Å². The largest absolute Gasteiger partial charge is 0.450 e. The van der Waals surface area contributed by atoms with Gasteiger partial charge >= 0.3 is 6.09 Å². The van der Waals surface area contributed by atoms with Crippen LogP contribution in [-0.2, 0) is 24.0 Å². The number of nitrogens with zero attached hydrogens (tertiary/aromatic N) is 2. The van der Waals surface area contributed by atoms with E-state index in [2.05, 4.69) is 9.97 Å². The van der Waals surface area contributed by atoms with E-state index in [0.29, 0.717) is 50.3 Å². The van der Waals surface area contributed by atoms with Gasteiger partial charge in [0, 0.05) is 31.5 Å². The smallest absolute Gasteiger partial charge is 0.409 e. The number of nitrogens with one attached hydrogen (secondary N) is 1. The van der Waals surface area contributed by atoms with E-state index < -0.39 is 0 Å². The molecule has 6 nitrogen and oxygen atoms in total. The molecule has 1 amide bonds. The SMILES string of the molecule is CCOC(=O)N1CCc2nc(Cc3ccccc3)[nH]c(=O)c2CC1. The fourth-order valence-electron chi connectivity index (χ4n) is 2.93. The van der Waals surface area contributed by atoms with Crippen LogP contribution in [0.15, 0.2) is 35.1 Å². The third-order valence-corrected chi connectivity index (χ3v) is 4.14. The Morgan fingerprint density at radius 2 is 2.00 bits per heavy atom. The molecule has 1 N–H and O–H groups in total. The number of carbonyl (C=O) groups is 1. The van der Waals surface area contributed by atoms with E-state index >= 15 is 0 Å². The first-order valence-corrected chi connectivity index (χ1v) is 8.24. The molecule has 0 saturated heterocycles. The number of aromatic nitrogens is 2. The van der Waals surface area contributed by atoms with Crippen molar-refractivity contribution in [1.29, 1.82) is 0 Å². The number of aromatic amines is 1. The van der Waals surface area contributed by atoms with Crippen LogP contribution in [-0.4, -0.2) is 40.7 Å². The normalized spacial score (nSPS) is 14.0. The van der Waals surface area contributed by atoms with Crippen molar-refractivity contribution in [3.8, 4) is 0 Å². The van der Waals surface area contributed by atoms with Crippen LogP contribution < -0.4 is 5.56 Å². The summed E-state index contributed by atoms with van der Waals surface area (Å²) in [7, 11) is 0. The maximum atomic E-state index is 12.4. The third-order valence-electron chi connectivity index (χ3n) is 4.14. The number of H-pyrrole nitrogens is 1. The maximum absolute atomic E-state index is 12.4. The van der Waals surface area contributed by atoms with Crippen molar-refractivity contribution in [2.24, 2.45) is 0 Å². The highest BCUT2D eigenvalue weighted by molar-refractivity contribution is 5.67. The molecular weight excluding hydrogens is 306 g/mol. The van der Waals surface area contributed by atoms with E-state index in [1.807, 2.05) is 30.3 Å². The summed E-state index contributed by atoms with van der Waals surface area (Å²) in [5, 5.41) is 0. The lowest BCUT2D eigenvalue weighted by atomic mass is 10.1. The van der Waals surface area contributed by atoms with Gasteiger partial charge in [-0.15, -0.1) is 0 Å². The minimum atomic E-state index is -0.328. The second kappa shape index (κ2) is 7.29. The van der Waals surface area contributed by atoms with Crippen LogP contribution in [0.2, 0.25) is 0 Å². The first kappa shape index (κ1) is 16.2. The monoisotopic (exact) mass is 327 g/mol. The molecule has 0 fully saturated rings. The number of carbonyl (C=O) groups excluding carboxylic acids is 1. The Balaban J connectivity index is 1.80. The first-order valence-electron chi connectivity index (χ1n) is 8.24. The van der Waals surface area contributed by atoms with Crippen LogP contribution in [0.1, 0.15) is 29.6 Å². The molecule has 0 atom stereocenters. The summed E-state index contributed by atoms with van der Waals surface area (Å²) in [5.41, 5.74) is 2.47. The molecule has 1 aromatic heterocycles. The van der Waals surface area contributed by atoms with Gasteiger partial charge in [-0.05, 0) is 18.9 Å². The quantitative estimate of drug-likeness (QED) is 0.934. The van der Waals surface area contributed by atoms with Crippen LogP contribution >= 0.6 is 0 Å². The summed E-state index contributed by atoms with van der Waals surface area (Å²) in [6.07, 6.45) is 1.33. The third kappa shape index (κ3) is 3.64.